The number of fused-ring (bicyclic) bond motifs is 3. The number of methoxy groups -OCH3 is 2. The number of aromatic nitrogens is 1. The maximum atomic E-state index is 14.0. The molecule has 4 aromatic rings. The number of aromatic amines is 1. The van der Waals surface area contributed by atoms with Gasteiger partial charge in [0.05, 0.1) is 38.0 Å². The summed E-state index contributed by atoms with van der Waals surface area (Å²) in [6, 6.07) is 15.5. The Hall–Kier alpha value is -3.97. The Kier molecular flexibility index (Phi) is 7.51. The molecule has 40 heavy (non-hydrogen) atoms. The Labute approximate surface area is 235 Å². The molecule has 5 rings (SSSR count). The van der Waals surface area contributed by atoms with Crippen molar-refractivity contribution >= 4 is 16.8 Å². The molecule has 3 N–H and O–H groups in total. The van der Waals surface area contributed by atoms with E-state index in [1.807, 2.05) is 50.2 Å². The van der Waals surface area contributed by atoms with E-state index in [4.69, 9.17) is 14.2 Å². The standard InChI is InChI=1S/C33H38N2O5/c1-19(2)40-27-11-9-22(23-10-12-28(38-5)29(16-23)39-6)15-24(27)32(37)35-33(18-36)14-13-26-25(17-33)30-20(3)7-8-21(4)31(30)34-26/h7-12,15-16,19,34,36H,13-14,17-18H2,1-6H3,(H,35,37). The van der Waals surface area contributed by atoms with E-state index in [0.717, 1.165) is 23.1 Å². The Morgan fingerprint density at radius 1 is 0.975 bits per heavy atom. The molecule has 1 aliphatic carbocycles. The number of H-pyrrole nitrogens is 1. The van der Waals surface area contributed by atoms with Crippen LogP contribution in [0.2, 0.25) is 0 Å². The number of aliphatic hydroxyl groups excluding tert-OH is 1. The molecule has 0 saturated heterocycles. The molecular formula is C33H38N2O5. The summed E-state index contributed by atoms with van der Waals surface area (Å²) in [6.45, 7) is 7.92. The summed E-state index contributed by atoms with van der Waals surface area (Å²) < 4.78 is 16.9. The molecule has 1 aromatic heterocycles. The molecule has 7 nitrogen and oxygen atoms in total. The second kappa shape index (κ2) is 10.9. The number of rotatable bonds is 8. The van der Waals surface area contributed by atoms with Crippen molar-refractivity contribution in [1.82, 2.24) is 10.3 Å². The van der Waals surface area contributed by atoms with Crippen LogP contribution in [0.4, 0.5) is 0 Å². The van der Waals surface area contributed by atoms with Crippen molar-refractivity contribution in [3.63, 3.8) is 0 Å². The summed E-state index contributed by atoms with van der Waals surface area (Å²) >= 11 is 0. The van der Waals surface area contributed by atoms with E-state index >= 15 is 0 Å². The molecule has 1 atom stereocenters. The number of hydrogen-bond acceptors (Lipinski definition) is 5. The molecule has 3 aromatic carbocycles. The van der Waals surface area contributed by atoms with Crippen molar-refractivity contribution in [2.45, 2.75) is 58.6 Å². The molecule has 0 radical (unpaired) electrons. The topological polar surface area (TPSA) is 92.8 Å². The van der Waals surface area contributed by atoms with Crippen molar-refractivity contribution < 1.29 is 24.1 Å². The molecule has 210 valence electrons. The normalized spacial score (nSPS) is 16.6. The van der Waals surface area contributed by atoms with Gasteiger partial charge in [0.25, 0.3) is 5.91 Å². The highest BCUT2D eigenvalue weighted by Gasteiger charge is 2.38. The van der Waals surface area contributed by atoms with Crippen LogP contribution < -0.4 is 19.5 Å². The third-order valence-electron chi connectivity index (χ3n) is 7.92. The summed E-state index contributed by atoms with van der Waals surface area (Å²) in [4.78, 5) is 17.6. The van der Waals surface area contributed by atoms with E-state index in [1.165, 1.54) is 27.8 Å². The smallest absolute Gasteiger partial charge is 0.255 e. The third-order valence-corrected chi connectivity index (χ3v) is 7.92. The van der Waals surface area contributed by atoms with E-state index in [2.05, 4.69) is 36.3 Å². The van der Waals surface area contributed by atoms with Gasteiger partial charge in [-0.05, 0) is 92.6 Å². The molecule has 1 heterocycles. The van der Waals surface area contributed by atoms with Crippen LogP contribution in [0.25, 0.3) is 22.0 Å². The van der Waals surface area contributed by atoms with Gasteiger partial charge in [-0.15, -0.1) is 0 Å². The number of hydrogen-bond donors (Lipinski definition) is 3. The van der Waals surface area contributed by atoms with Crippen molar-refractivity contribution in [1.29, 1.82) is 0 Å². The van der Waals surface area contributed by atoms with E-state index < -0.39 is 5.54 Å². The largest absolute Gasteiger partial charge is 0.493 e. The van der Waals surface area contributed by atoms with Crippen LogP contribution in [0.1, 0.15) is 53.0 Å². The zero-order valence-electron chi connectivity index (χ0n) is 24.1. The van der Waals surface area contributed by atoms with E-state index in [-0.39, 0.29) is 18.6 Å². The summed E-state index contributed by atoms with van der Waals surface area (Å²) in [7, 11) is 3.20. The minimum atomic E-state index is -0.788. The number of aliphatic hydroxyl groups is 1. The second-order valence-electron chi connectivity index (χ2n) is 11.0. The summed E-state index contributed by atoms with van der Waals surface area (Å²) in [5.41, 5.74) is 7.24. The molecule has 1 amide bonds. The fourth-order valence-electron chi connectivity index (χ4n) is 5.79. The first-order valence-electron chi connectivity index (χ1n) is 13.7. The number of benzene rings is 3. The zero-order chi connectivity index (χ0) is 28.6. The average Bonchev–Trinajstić information content (AvgIpc) is 3.34. The fraction of sp³-hybridized carbons (Fsp3) is 0.364. The van der Waals surface area contributed by atoms with Crippen LogP contribution >= 0.6 is 0 Å². The molecule has 7 heteroatoms. The van der Waals surface area contributed by atoms with Gasteiger partial charge in [0, 0.05) is 23.0 Å². The SMILES string of the molecule is COc1ccc(-c2ccc(OC(C)C)c(C(=O)NC3(CO)CCc4[nH]c5c(C)ccc(C)c5c4C3)c2)cc1OC. The van der Waals surface area contributed by atoms with Gasteiger partial charge in [-0.25, -0.2) is 0 Å². The number of nitrogens with one attached hydrogen (secondary N) is 2. The molecule has 0 fully saturated rings. The lowest BCUT2D eigenvalue weighted by atomic mass is 9.79. The van der Waals surface area contributed by atoms with Crippen LogP contribution in [0, 0.1) is 13.8 Å². The van der Waals surface area contributed by atoms with Gasteiger partial charge < -0.3 is 29.6 Å². The van der Waals surface area contributed by atoms with Crippen molar-refractivity contribution in [2.75, 3.05) is 20.8 Å². The Morgan fingerprint density at radius 3 is 2.33 bits per heavy atom. The molecule has 0 saturated carbocycles. The van der Waals surface area contributed by atoms with Gasteiger partial charge in [0.2, 0.25) is 0 Å². The Bertz CT molecular complexity index is 1570. The van der Waals surface area contributed by atoms with E-state index in [0.29, 0.717) is 35.7 Å². The van der Waals surface area contributed by atoms with Gasteiger partial charge >= 0.3 is 0 Å². The number of ether oxygens (including phenoxy) is 3. The Morgan fingerprint density at radius 2 is 1.65 bits per heavy atom. The number of carbonyl (C=O) groups excluding carboxylic acids is 1. The third kappa shape index (κ3) is 5.02. The quantitative estimate of drug-likeness (QED) is 0.258. The first kappa shape index (κ1) is 27.6. The lowest BCUT2D eigenvalue weighted by Crippen LogP contribution is -2.54. The molecular weight excluding hydrogens is 504 g/mol. The number of carbonyl (C=O) groups is 1. The number of amides is 1. The molecule has 0 spiro atoms. The van der Waals surface area contributed by atoms with E-state index in [1.54, 1.807) is 14.2 Å². The lowest BCUT2D eigenvalue weighted by Gasteiger charge is -2.37. The van der Waals surface area contributed by atoms with Gasteiger partial charge in [0.15, 0.2) is 11.5 Å². The Balaban J connectivity index is 1.51. The average molecular weight is 543 g/mol. The second-order valence-corrected chi connectivity index (χ2v) is 11.0. The first-order chi connectivity index (χ1) is 19.2. The van der Waals surface area contributed by atoms with Crippen molar-refractivity contribution in [2.24, 2.45) is 0 Å². The van der Waals surface area contributed by atoms with Crippen LogP contribution in [0.15, 0.2) is 48.5 Å². The monoisotopic (exact) mass is 542 g/mol. The highest BCUT2D eigenvalue weighted by atomic mass is 16.5. The maximum Gasteiger partial charge on any atom is 0.255 e. The van der Waals surface area contributed by atoms with Gasteiger partial charge in [-0.1, -0.05) is 24.3 Å². The van der Waals surface area contributed by atoms with Crippen molar-refractivity contribution in [3.8, 4) is 28.4 Å². The molecule has 1 unspecified atom stereocenters. The van der Waals surface area contributed by atoms with E-state index in [9.17, 15) is 9.90 Å². The summed E-state index contributed by atoms with van der Waals surface area (Å²) in [6.07, 6.45) is 1.80. The maximum absolute atomic E-state index is 14.0. The summed E-state index contributed by atoms with van der Waals surface area (Å²) in [5, 5.41) is 15.1. The zero-order valence-corrected chi connectivity index (χ0v) is 24.1. The molecule has 0 aliphatic heterocycles. The lowest BCUT2D eigenvalue weighted by molar-refractivity contribution is 0.0803. The predicted octanol–water partition coefficient (Wildman–Crippen LogP) is 5.91. The van der Waals surface area contributed by atoms with Crippen LogP contribution in [-0.2, 0) is 12.8 Å². The molecule has 1 aliphatic rings. The van der Waals surface area contributed by atoms with Crippen LogP contribution in [0.3, 0.4) is 0 Å². The fourth-order valence-corrected chi connectivity index (χ4v) is 5.79. The van der Waals surface area contributed by atoms with Gasteiger partial charge in [-0.3, -0.25) is 4.79 Å². The predicted molar refractivity (Wildman–Crippen MR) is 158 cm³/mol. The summed E-state index contributed by atoms with van der Waals surface area (Å²) in [5.74, 6) is 1.46. The van der Waals surface area contributed by atoms with Crippen LogP contribution in [0.5, 0.6) is 17.2 Å². The molecule has 0 bridgehead atoms. The minimum Gasteiger partial charge on any atom is -0.493 e. The first-order valence-corrected chi connectivity index (χ1v) is 13.7. The highest BCUT2D eigenvalue weighted by Crippen LogP contribution is 2.38. The van der Waals surface area contributed by atoms with Crippen molar-refractivity contribution in [3.05, 3.63) is 76.5 Å². The minimum absolute atomic E-state index is 0.111. The van der Waals surface area contributed by atoms with Gasteiger partial charge in [0.1, 0.15) is 5.75 Å². The highest BCUT2D eigenvalue weighted by molar-refractivity contribution is 5.99. The van der Waals surface area contributed by atoms with Gasteiger partial charge in [-0.2, -0.15) is 0 Å². The number of aryl methyl sites for hydroxylation is 3. The van der Waals surface area contributed by atoms with Crippen LogP contribution in [-0.4, -0.2) is 48.5 Å².